The number of sulfonamides is 1. The third-order valence-corrected chi connectivity index (χ3v) is 8.71. The maximum absolute atomic E-state index is 13.2. The summed E-state index contributed by atoms with van der Waals surface area (Å²) in [6.07, 6.45) is 6.29. The molecule has 3 aliphatic rings. The SMILES string of the molecule is CC1(C)CN(S(=O)(=O)C2CCCN(C(=O)C3CCCC3)C2)CCC1N.Cl. The van der Waals surface area contributed by atoms with Crippen molar-refractivity contribution in [3.8, 4) is 0 Å². The molecular formula is C18H34ClN3O3S. The van der Waals surface area contributed by atoms with Gasteiger partial charge in [0.1, 0.15) is 0 Å². The van der Waals surface area contributed by atoms with Crippen LogP contribution in [-0.4, -0.2) is 61.0 Å². The summed E-state index contributed by atoms with van der Waals surface area (Å²) in [7, 11) is -3.39. The van der Waals surface area contributed by atoms with E-state index in [1.807, 2.05) is 18.7 Å². The van der Waals surface area contributed by atoms with Gasteiger partial charge in [-0.1, -0.05) is 26.7 Å². The first-order chi connectivity index (χ1) is 11.7. The average molecular weight is 408 g/mol. The fourth-order valence-corrected chi connectivity index (χ4v) is 6.69. The van der Waals surface area contributed by atoms with Gasteiger partial charge < -0.3 is 10.6 Å². The predicted octanol–water partition coefficient (Wildman–Crippen LogP) is 1.98. The van der Waals surface area contributed by atoms with Crippen molar-refractivity contribution in [3.05, 3.63) is 0 Å². The second-order valence-electron chi connectivity index (χ2n) is 8.79. The highest BCUT2D eigenvalue weighted by Gasteiger charge is 2.43. The van der Waals surface area contributed by atoms with Crippen LogP contribution in [0.4, 0.5) is 0 Å². The Morgan fingerprint density at radius 2 is 1.69 bits per heavy atom. The highest BCUT2D eigenvalue weighted by molar-refractivity contribution is 7.89. The van der Waals surface area contributed by atoms with Crippen molar-refractivity contribution < 1.29 is 13.2 Å². The van der Waals surface area contributed by atoms with Gasteiger partial charge in [0.2, 0.25) is 15.9 Å². The summed E-state index contributed by atoms with van der Waals surface area (Å²) in [6.45, 7) is 6.12. The fraction of sp³-hybridized carbons (Fsp3) is 0.944. The smallest absolute Gasteiger partial charge is 0.225 e. The highest BCUT2D eigenvalue weighted by atomic mass is 35.5. The molecule has 2 unspecified atom stereocenters. The van der Waals surface area contributed by atoms with Crippen LogP contribution >= 0.6 is 12.4 Å². The van der Waals surface area contributed by atoms with Gasteiger partial charge in [0.25, 0.3) is 0 Å². The lowest BCUT2D eigenvalue weighted by molar-refractivity contribution is -0.136. The van der Waals surface area contributed by atoms with E-state index in [0.717, 1.165) is 32.1 Å². The molecule has 8 heteroatoms. The van der Waals surface area contributed by atoms with Gasteiger partial charge in [-0.2, -0.15) is 0 Å². The number of carbonyl (C=O) groups is 1. The molecule has 2 aliphatic heterocycles. The Labute approximate surface area is 164 Å². The van der Waals surface area contributed by atoms with Crippen LogP contribution in [0.3, 0.4) is 0 Å². The Bertz CT molecular complexity index is 605. The van der Waals surface area contributed by atoms with E-state index in [2.05, 4.69) is 0 Å². The third-order valence-electron chi connectivity index (χ3n) is 6.45. The van der Waals surface area contributed by atoms with E-state index in [4.69, 9.17) is 5.73 Å². The molecule has 2 atom stereocenters. The van der Waals surface area contributed by atoms with Gasteiger partial charge in [-0.15, -0.1) is 12.4 Å². The molecule has 0 bridgehead atoms. The maximum atomic E-state index is 13.2. The van der Waals surface area contributed by atoms with E-state index >= 15 is 0 Å². The third kappa shape index (κ3) is 4.37. The molecule has 26 heavy (non-hydrogen) atoms. The van der Waals surface area contributed by atoms with Crippen molar-refractivity contribution >= 4 is 28.3 Å². The number of hydrogen-bond acceptors (Lipinski definition) is 4. The van der Waals surface area contributed by atoms with Crippen LogP contribution in [0.2, 0.25) is 0 Å². The second kappa shape index (κ2) is 8.33. The molecule has 152 valence electrons. The molecule has 2 heterocycles. The lowest BCUT2D eigenvalue weighted by Gasteiger charge is -2.44. The zero-order valence-electron chi connectivity index (χ0n) is 16.0. The number of hydrogen-bond donors (Lipinski definition) is 1. The molecule has 1 saturated carbocycles. The summed E-state index contributed by atoms with van der Waals surface area (Å²) < 4.78 is 28.0. The number of halogens is 1. The lowest BCUT2D eigenvalue weighted by atomic mass is 9.81. The number of likely N-dealkylation sites (tertiary alicyclic amines) is 1. The standard InChI is InChI=1S/C18H33N3O3S.ClH/c1-18(2)13-21(11-9-16(18)19)25(23,24)15-8-5-10-20(12-15)17(22)14-6-3-4-7-14;/h14-16H,3-13,19H2,1-2H3;1H. The highest BCUT2D eigenvalue weighted by Crippen LogP contribution is 2.33. The average Bonchev–Trinajstić information content (AvgIpc) is 3.11. The molecular weight excluding hydrogens is 374 g/mol. The number of amides is 1. The summed E-state index contributed by atoms with van der Waals surface area (Å²) in [5, 5.41) is -0.461. The normalized spacial score (nSPS) is 30.8. The van der Waals surface area contributed by atoms with Gasteiger partial charge in [-0.3, -0.25) is 4.79 Å². The molecule has 0 aromatic heterocycles. The van der Waals surface area contributed by atoms with E-state index in [9.17, 15) is 13.2 Å². The fourth-order valence-electron chi connectivity index (χ4n) is 4.57. The molecule has 0 spiro atoms. The zero-order valence-corrected chi connectivity index (χ0v) is 17.7. The Morgan fingerprint density at radius 1 is 1.04 bits per heavy atom. The van der Waals surface area contributed by atoms with Crippen LogP contribution in [-0.2, 0) is 14.8 Å². The topological polar surface area (TPSA) is 83.7 Å². The zero-order chi connectivity index (χ0) is 18.2. The van der Waals surface area contributed by atoms with E-state index in [0.29, 0.717) is 39.0 Å². The van der Waals surface area contributed by atoms with Crippen LogP contribution in [0.5, 0.6) is 0 Å². The Balaban J connectivity index is 0.00000243. The minimum absolute atomic E-state index is 0. The van der Waals surface area contributed by atoms with Crippen molar-refractivity contribution in [2.24, 2.45) is 17.1 Å². The summed E-state index contributed by atoms with van der Waals surface area (Å²) in [5.41, 5.74) is 5.94. The van der Waals surface area contributed by atoms with Crippen LogP contribution in [0.25, 0.3) is 0 Å². The number of nitrogens with zero attached hydrogens (tertiary/aromatic N) is 2. The predicted molar refractivity (Wildman–Crippen MR) is 106 cm³/mol. The van der Waals surface area contributed by atoms with Crippen LogP contribution in [0.1, 0.15) is 58.8 Å². The van der Waals surface area contributed by atoms with Gasteiger partial charge in [0, 0.05) is 38.1 Å². The van der Waals surface area contributed by atoms with E-state index < -0.39 is 15.3 Å². The lowest BCUT2D eigenvalue weighted by Crippen LogP contribution is -2.57. The molecule has 2 N–H and O–H groups in total. The summed E-state index contributed by atoms with van der Waals surface area (Å²) in [4.78, 5) is 14.5. The Morgan fingerprint density at radius 3 is 2.31 bits per heavy atom. The van der Waals surface area contributed by atoms with E-state index in [-0.39, 0.29) is 35.7 Å². The molecule has 3 rings (SSSR count). The number of carbonyl (C=O) groups excluding carboxylic acids is 1. The summed E-state index contributed by atoms with van der Waals surface area (Å²) in [6, 6.07) is 0.0331. The molecule has 0 aromatic rings. The van der Waals surface area contributed by atoms with Crippen molar-refractivity contribution in [1.82, 2.24) is 9.21 Å². The molecule has 2 saturated heterocycles. The van der Waals surface area contributed by atoms with Gasteiger partial charge in [-0.05, 0) is 37.5 Å². The van der Waals surface area contributed by atoms with Gasteiger partial charge >= 0.3 is 0 Å². The largest absolute Gasteiger partial charge is 0.341 e. The van der Waals surface area contributed by atoms with Gasteiger partial charge in [0.05, 0.1) is 5.25 Å². The van der Waals surface area contributed by atoms with E-state index in [1.165, 1.54) is 0 Å². The van der Waals surface area contributed by atoms with Crippen molar-refractivity contribution in [2.75, 3.05) is 26.2 Å². The molecule has 1 aliphatic carbocycles. The van der Waals surface area contributed by atoms with Crippen molar-refractivity contribution in [3.63, 3.8) is 0 Å². The molecule has 3 fully saturated rings. The number of nitrogens with two attached hydrogens (primary N) is 1. The Hall–Kier alpha value is -0.370. The number of piperidine rings is 2. The van der Waals surface area contributed by atoms with Crippen molar-refractivity contribution in [2.45, 2.75) is 70.1 Å². The molecule has 0 radical (unpaired) electrons. The van der Waals surface area contributed by atoms with E-state index in [1.54, 1.807) is 4.31 Å². The summed E-state index contributed by atoms with van der Waals surface area (Å²) in [5.74, 6) is 0.298. The molecule has 0 aromatic carbocycles. The quantitative estimate of drug-likeness (QED) is 0.775. The minimum Gasteiger partial charge on any atom is -0.341 e. The van der Waals surface area contributed by atoms with Crippen LogP contribution in [0, 0.1) is 11.3 Å². The monoisotopic (exact) mass is 407 g/mol. The number of rotatable bonds is 3. The minimum atomic E-state index is -3.39. The summed E-state index contributed by atoms with van der Waals surface area (Å²) >= 11 is 0. The van der Waals surface area contributed by atoms with Crippen LogP contribution < -0.4 is 5.73 Å². The molecule has 6 nitrogen and oxygen atoms in total. The first kappa shape index (κ1) is 21.9. The Kier molecular flexibility index (Phi) is 7.03. The maximum Gasteiger partial charge on any atom is 0.225 e. The van der Waals surface area contributed by atoms with Gasteiger partial charge in [-0.25, -0.2) is 12.7 Å². The molecule has 1 amide bonds. The van der Waals surface area contributed by atoms with Gasteiger partial charge in [0.15, 0.2) is 0 Å². The van der Waals surface area contributed by atoms with Crippen molar-refractivity contribution in [1.29, 1.82) is 0 Å². The first-order valence-corrected chi connectivity index (χ1v) is 11.3. The first-order valence-electron chi connectivity index (χ1n) is 9.75. The van der Waals surface area contributed by atoms with Crippen LogP contribution in [0.15, 0.2) is 0 Å². The second-order valence-corrected chi connectivity index (χ2v) is 11.0.